The third kappa shape index (κ3) is 2.95. The lowest BCUT2D eigenvalue weighted by Crippen LogP contribution is -2.38. The van der Waals surface area contributed by atoms with Crippen LogP contribution in [0.2, 0.25) is 0 Å². The van der Waals surface area contributed by atoms with Gasteiger partial charge in [0, 0.05) is 7.05 Å². The summed E-state index contributed by atoms with van der Waals surface area (Å²) in [5, 5.41) is 9.58. The summed E-state index contributed by atoms with van der Waals surface area (Å²) in [7, 11) is -2.15. The highest BCUT2D eigenvalue weighted by molar-refractivity contribution is 7.90. The zero-order valence-corrected chi connectivity index (χ0v) is 9.35. The summed E-state index contributed by atoms with van der Waals surface area (Å²) in [6.45, 7) is 1.87. The van der Waals surface area contributed by atoms with Gasteiger partial charge in [0.15, 0.2) is 0 Å². The number of nitrogens with one attached hydrogen (secondary N) is 3. The number of aryl methyl sites for hydroxylation is 1. The molecule has 0 unspecified atom stereocenters. The fourth-order valence-corrected chi connectivity index (χ4v) is 1.94. The number of sulfonamides is 1. The van der Waals surface area contributed by atoms with Gasteiger partial charge in [-0.05, 0) is 19.1 Å². The first-order valence-electron chi connectivity index (χ1n) is 4.31. The molecule has 0 bridgehead atoms. The fourth-order valence-electron chi connectivity index (χ4n) is 0.962. The Hall–Kier alpha value is -1.56. The van der Waals surface area contributed by atoms with Crippen LogP contribution in [0.5, 0.6) is 0 Å². The summed E-state index contributed by atoms with van der Waals surface area (Å²) >= 11 is 0. The van der Waals surface area contributed by atoms with E-state index in [0.29, 0.717) is 0 Å². The lowest BCUT2D eigenvalue weighted by Gasteiger charge is -2.08. The van der Waals surface area contributed by atoms with Gasteiger partial charge in [0.2, 0.25) is 5.96 Å². The normalized spacial score (nSPS) is 10.8. The third-order valence-electron chi connectivity index (χ3n) is 1.82. The Balaban J connectivity index is 2.96. The maximum absolute atomic E-state index is 11.6. The third-order valence-corrected chi connectivity index (χ3v) is 3.18. The minimum Gasteiger partial charge on any atom is -0.359 e. The van der Waals surface area contributed by atoms with Gasteiger partial charge in [0.05, 0.1) is 4.90 Å². The molecule has 0 aliphatic carbocycles. The molecule has 0 aliphatic heterocycles. The van der Waals surface area contributed by atoms with Gasteiger partial charge in [-0.15, -0.1) is 0 Å². The fraction of sp³-hybridized carbons (Fsp3) is 0.222. The second-order valence-electron chi connectivity index (χ2n) is 3.04. The van der Waals surface area contributed by atoms with Gasteiger partial charge >= 0.3 is 0 Å². The van der Waals surface area contributed by atoms with Gasteiger partial charge in [0.1, 0.15) is 0 Å². The highest BCUT2D eigenvalue weighted by Crippen LogP contribution is 2.09. The van der Waals surface area contributed by atoms with Crippen LogP contribution in [0, 0.1) is 12.3 Å². The van der Waals surface area contributed by atoms with E-state index in [2.05, 4.69) is 10.0 Å². The molecular weight excluding hydrogens is 214 g/mol. The molecule has 5 nitrogen and oxygen atoms in total. The van der Waals surface area contributed by atoms with E-state index >= 15 is 0 Å². The number of hydrogen-bond acceptors (Lipinski definition) is 3. The molecule has 6 heteroatoms. The molecule has 0 aliphatic rings. The van der Waals surface area contributed by atoms with E-state index in [-0.39, 0.29) is 10.9 Å². The monoisotopic (exact) mass is 227 g/mol. The van der Waals surface area contributed by atoms with Crippen molar-refractivity contribution in [3.63, 3.8) is 0 Å². The van der Waals surface area contributed by atoms with Crippen LogP contribution in [0.3, 0.4) is 0 Å². The minimum atomic E-state index is -3.63. The second kappa shape index (κ2) is 4.31. The maximum Gasteiger partial charge on any atom is 0.264 e. The predicted octanol–water partition coefficient (Wildman–Crippen LogP) is 0.427. The summed E-state index contributed by atoms with van der Waals surface area (Å²) < 4.78 is 25.3. The quantitative estimate of drug-likeness (QED) is 0.506. The average Bonchev–Trinajstić information content (AvgIpc) is 2.17. The molecule has 0 amide bonds. The van der Waals surface area contributed by atoms with E-state index < -0.39 is 10.0 Å². The van der Waals surface area contributed by atoms with Crippen molar-refractivity contribution < 1.29 is 8.42 Å². The van der Waals surface area contributed by atoms with Crippen molar-refractivity contribution in [1.29, 1.82) is 5.41 Å². The van der Waals surface area contributed by atoms with E-state index in [4.69, 9.17) is 5.41 Å². The molecule has 0 saturated carbocycles. The van der Waals surface area contributed by atoms with Gasteiger partial charge in [-0.25, -0.2) is 13.1 Å². The zero-order chi connectivity index (χ0) is 11.5. The van der Waals surface area contributed by atoms with Crippen molar-refractivity contribution in [3.05, 3.63) is 29.8 Å². The molecule has 0 atom stereocenters. The van der Waals surface area contributed by atoms with E-state index in [1.54, 1.807) is 12.1 Å². The summed E-state index contributed by atoms with van der Waals surface area (Å²) in [5.41, 5.74) is 0.984. The maximum atomic E-state index is 11.6. The van der Waals surface area contributed by atoms with Crippen molar-refractivity contribution in [2.75, 3.05) is 7.05 Å². The van der Waals surface area contributed by atoms with Crippen molar-refractivity contribution in [3.8, 4) is 0 Å². The van der Waals surface area contributed by atoms with Crippen molar-refractivity contribution >= 4 is 16.0 Å². The largest absolute Gasteiger partial charge is 0.359 e. The van der Waals surface area contributed by atoms with Crippen molar-refractivity contribution in [1.82, 2.24) is 10.0 Å². The molecule has 0 saturated heterocycles. The standard InChI is InChI=1S/C9H13N3O2S/c1-7-3-5-8(6-4-7)15(13,14)12-9(10)11-2/h3-6H,1-2H3,(H3,10,11,12). The average molecular weight is 227 g/mol. The molecular formula is C9H13N3O2S. The van der Waals surface area contributed by atoms with E-state index in [0.717, 1.165) is 5.56 Å². The van der Waals surface area contributed by atoms with Gasteiger partial charge in [-0.1, -0.05) is 17.7 Å². The van der Waals surface area contributed by atoms with Crippen LogP contribution >= 0.6 is 0 Å². The molecule has 0 heterocycles. The Bertz CT molecular complexity index is 451. The first-order valence-corrected chi connectivity index (χ1v) is 5.80. The molecule has 1 aromatic rings. The number of rotatable bonds is 2. The van der Waals surface area contributed by atoms with Crippen LogP contribution in [0.15, 0.2) is 29.2 Å². The summed E-state index contributed by atoms with van der Waals surface area (Å²) in [6.07, 6.45) is 0. The van der Waals surface area contributed by atoms with E-state index in [1.165, 1.54) is 19.2 Å². The first kappa shape index (κ1) is 11.5. The molecule has 1 rings (SSSR count). The molecule has 1 aromatic carbocycles. The molecule has 0 spiro atoms. The van der Waals surface area contributed by atoms with E-state index in [9.17, 15) is 8.42 Å². The Morgan fingerprint density at radius 3 is 2.27 bits per heavy atom. The molecule has 15 heavy (non-hydrogen) atoms. The van der Waals surface area contributed by atoms with Crippen LogP contribution in [-0.2, 0) is 10.0 Å². The first-order chi connectivity index (χ1) is 6.95. The molecule has 0 radical (unpaired) electrons. The molecule has 0 aromatic heterocycles. The Kier molecular flexibility index (Phi) is 3.31. The Morgan fingerprint density at radius 1 is 1.27 bits per heavy atom. The Morgan fingerprint density at radius 2 is 1.80 bits per heavy atom. The number of benzene rings is 1. The topological polar surface area (TPSA) is 82.1 Å². The summed E-state index contributed by atoms with van der Waals surface area (Å²) in [6, 6.07) is 6.41. The SMILES string of the molecule is CNC(=N)NS(=O)(=O)c1ccc(C)cc1. The minimum absolute atomic E-state index is 0.146. The summed E-state index contributed by atoms with van der Waals surface area (Å²) in [5.74, 6) is -0.254. The molecule has 0 fully saturated rings. The van der Waals surface area contributed by atoms with Crippen LogP contribution in [-0.4, -0.2) is 21.4 Å². The molecule has 3 N–H and O–H groups in total. The number of guanidine groups is 1. The molecule has 82 valence electrons. The van der Waals surface area contributed by atoms with Gasteiger partial charge in [0.25, 0.3) is 10.0 Å². The highest BCUT2D eigenvalue weighted by atomic mass is 32.2. The second-order valence-corrected chi connectivity index (χ2v) is 4.73. The van der Waals surface area contributed by atoms with Gasteiger partial charge in [-0.3, -0.25) is 5.41 Å². The predicted molar refractivity (Wildman–Crippen MR) is 58.3 cm³/mol. The smallest absolute Gasteiger partial charge is 0.264 e. The lowest BCUT2D eigenvalue weighted by molar-refractivity contribution is 0.591. The van der Waals surface area contributed by atoms with Crippen LogP contribution < -0.4 is 10.0 Å². The van der Waals surface area contributed by atoms with Crippen LogP contribution in [0.4, 0.5) is 0 Å². The van der Waals surface area contributed by atoms with Gasteiger partial charge < -0.3 is 5.32 Å². The van der Waals surface area contributed by atoms with Gasteiger partial charge in [-0.2, -0.15) is 0 Å². The lowest BCUT2D eigenvalue weighted by atomic mass is 10.2. The highest BCUT2D eigenvalue weighted by Gasteiger charge is 2.14. The Labute approximate surface area is 89.1 Å². The van der Waals surface area contributed by atoms with E-state index in [1.807, 2.05) is 6.92 Å². The zero-order valence-electron chi connectivity index (χ0n) is 8.53. The van der Waals surface area contributed by atoms with Crippen molar-refractivity contribution in [2.24, 2.45) is 0 Å². The number of hydrogen-bond donors (Lipinski definition) is 3. The summed E-state index contributed by atoms with van der Waals surface area (Å²) in [4.78, 5) is 0.146. The van der Waals surface area contributed by atoms with Crippen molar-refractivity contribution in [2.45, 2.75) is 11.8 Å². The van der Waals surface area contributed by atoms with Crippen LogP contribution in [0.1, 0.15) is 5.56 Å². The van der Waals surface area contributed by atoms with Crippen LogP contribution in [0.25, 0.3) is 0 Å².